The van der Waals surface area contributed by atoms with Crippen molar-refractivity contribution in [2.24, 2.45) is 0 Å². The lowest BCUT2D eigenvalue weighted by Crippen LogP contribution is -2.45. The Morgan fingerprint density at radius 2 is 2.15 bits per heavy atom. The minimum absolute atomic E-state index is 0.212. The summed E-state index contributed by atoms with van der Waals surface area (Å²) in [6.45, 7) is 0. The fourth-order valence-electron chi connectivity index (χ4n) is 2.35. The van der Waals surface area contributed by atoms with Crippen molar-refractivity contribution in [3.63, 3.8) is 0 Å². The minimum Gasteiger partial charge on any atom is -0.391 e. The van der Waals surface area contributed by atoms with Crippen LogP contribution in [-0.2, 0) is 0 Å². The number of rotatable bonds is 2. The van der Waals surface area contributed by atoms with Gasteiger partial charge in [-0.05, 0) is 39.2 Å². The Kier molecular flexibility index (Phi) is 2.05. The van der Waals surface area contributed by atoms with E-state index in [0.29, 0.717) is 0 Å². The number of nitriles is 1. The Morgan fingerprint density at radius 1 is 1.46 bits per heavy atom. The van der Waals surface area contributed by atoms with E-state index in [9.17, 15) is 5.11 Å². The first-order chi connectivity index (χ1) is 6.19. The zero-order valence-electron chi connectivity index (χ0n) is 8.03. The average Bonchev–Trinajstić information content (AvgIpc) is 2.83. The van der Waals surface area contributed by atoms with Gasteiger partial charge in [0.25, 0.3) is 0 Å². The second-order valence-corrected chi connectivity index (χ2v) is 4.32. The lowest BCUT2D eigenvalue weighted by atomic mass is 10.1. The summed E-state index contributed by atoms with van der Waals surface area (Å²) in [7, 11) is 1.98. The van der Waals surface area contributed by atoms with Crippen LogP contribution in [0.15, 0.2) is 0 Å². The van der Waals surface area contributed by atoms with E-state index in [2.05, 4.69) is 11.0 Å². The Morgan fingerprint density at radius 3 is 2.54 bits per heavy atom. The standard InChI is InChI=1S/C10H16N2O/c1-12(10(7-11)5-6-10)8-3-2-4-9(8)13/h8-9,13H,2-6H2,1H3. The SMILES string of the molecule is CN(C1CCCC1O)C1(C#N)CC1. The number of likely N-dealkylation sites (N-methyl/N-ethyl adjacent to an activating group) is 1. The summed E-state index contributed by atoms with van der Waals surface area (Å²) in [4.78, 5) is 2.10. The molecule has 0 bridgehead atoms. The monoisotopic (exact) mass is 180 g/mol. The number of nitrogens with zero attached hydrogens (tertiary/aromatic N) is 2. The van der Waals surface area contributed by atoms with Crippen molar-refractivity contribution in [1.29, 1.82) is 5.26 Å². The van der Waals surface area contributed by atoms with E-state index in [0.717, 1.165) is 32.1 Å². The first-order valence-electron chi connectivity index (χ1n) is 5.02. The molecule has 2 saturated carbocycles. The highest BCUT2D eigenvalue weighted by atomic mass is 16.3. The molecule has 72 valence electrons. The Hall–Kier alpha value is -0.590. The average molecular weight is 180 g/mol. The van der Waals surface area contributed by atoms with Crippen LogP contribution < -0.4 is 0 Å². The van der Waals surface area contributed by atoms with E-state index in [-0.39, 0.29) is 17.7 Å². The first kappa shape index (κ1) is 8.98. The Bertz CT molecular complexity index is 242. The molecule has 0 aliphatic heterocycles. The van der Waals surface area contributed by atoms with Gasteiger partial charge in [-0.25, -0.2) is 0 Å². The number of aliphatic hydroxyl groups excluding tert-OH is 1. The lowest BCUT2D eigenvalue weighted by Gasteiger charge is -2.30. The normalized spacial score (nSPS) is 36.2. The topological polar surface area (TPSA) is 47.3 Å². The van der Waals surface area contributed by atoms with Gasteiger partial charge in [0, 0.05) is 6.04 Å². The molecule has 1 N–H and O–H groups in total. The van der Waals surface area contributed by atoms with Crippen LogP contribution in [0, 0.1) is 11.3 Å². The maximum atomic E-state index is 9.69. The summed E-state index contributed by atoms with van der Waals surface area (Å²) in [5.74, 6) is 0. The molecule has 0 saturated heterocycles. The van der Waals surface area contributed by atoms with Gasteiger partial charge in [-0.1, -0.05) is 0 Å². The van der Waals surface area contributed by atoms with Crippen LogP contribution in [0.3, 0.4) is 0 Å². The highest BCUT2D eigenvalue weighted by Gasteiger charge is 2.50. The van der Waals surface area contributed by atoms with Gasteiger partial charge in [0.05, 0.1) is 12.2 Å². The molecule has 13 heavy (non-hydrogen) atoms. The molecule has 2 aliphatic rings. The number of aliphatic hydroxyl groups is 1. The third-order valence-electron chi connectivity index (χ3n) is 3.55. The summed E-state index contributed by atoms with van der Waals surface area (Å²) < 4.78 is 0. The third-order valence-corrected chi connectivity index (χ3v) is 3.55. The second kappa shape index (κ2) is 2.97. The van der Waals surface area contributed by atoms with Crippen LogP contribution in [0.4, 0.5) is 0 Å². The molecule has 3 nitrogen and oxygen atoms in total. The molecule has 0 aromatic rings. The summed E-state index contributed by atoms with van der Waals surface area (Å²) in [6.07, 6.45) is 4.78. The molecule has 0 aromatic carbocycles. The summed E-state index contributed by atoms with van der Waals surface area (Å²) in [5, 5.41) is 18.7. The first-order valence-corrected chi connectivity index (χ1v) is 5.02. The van der Waals surface area contributed by atoms with E-state index in [4.69, 9.17) is 5.26 Å². The Labute approximate surface area is 79.0 Å². The lowest BCUT2D eigenvalue weighted by molar-refractivity contribution is 0.0677. The van der Waals surface area contributed by atoms with Crippen molar-refractivity contribution in [3.8, 4) is 6.07 Å². The molecule has 0 heterocycles. The summed E-state index contributed by atoms with van der Waals surface area (Å²) in [6, 6.07) is 2.59. The third kappa shape index (κ3) is 1.34. The highest BCUT2D eigenvalue weighted by Crippen LogP contribution is 2.43. The van der Waals surface area contributed by atoms with Gasteiger partial charge < -0.3 is 5.11 Å². The van der Waals surface area contributed by atoms with Gasteiger partial charge in [-0.3, -0.25) is 4.90 Å². The molecule has 2 aliphatic carbocycles. The number of hydrogen-bond acceptors (Lipinski definition) is 3. The van der Waals surface area contributed by atoms with E-state index >= 15 is 0 Å². The molecule has 2 fully saturated rings. The van der Waals surface area contributed by atoms with Crippen molar-refractivity contribution < 1.29 is 5.11 Å². The van der Waals surface area contributed by atoms with Crippen LogP contribution in [0.1, 0.15) is 32.1 Å². The number of hydrogen-bond donors (Lipinski definition) is 1. The molecule has 0 aromatic heterocycles. The summed E-state index contributed by atoms with van der Waals surface area (Å²) >= 11 is 0. The predicted molar refractivity (Wildman–Crippen MR) is 49.0 cm³/mol. The van der Waals surface area contributed by atoms with Crippen molar-refractivity contribution in [2.75, 3.05) is 7.05 Å². The van der Waals surface area contributed by atoms with Crippen LogP contribution in [-0.4, -0.2) is 34.7 Å². The molecular formula is C10H16N2O. The molecule has 3 heteroatoms. The molecule has 0 spiro atoms. The Balaban J connectivity index is 2.05. The maximum absolute atomic E-state index is 9.69. The van der Waals surface area contributed by atoms with Crippen LogP contribution in [0.2, 0.25) is 0 Å². The van der Waals surface area contributed by atoms with Gasteiger partial charge in [0.1, 0.15) is 5.54 Å². The predicted octanol–water partition coefficient (Wildman–Crippen LogP) is 0.888. The molecule has 0 radical (unpaired) electrons. The van der Waals surface area contributed by atoms with E-state index < -0.39 is 0 Å². The van der Waals surface area contributed by atoms with E-state index in [1.807, 2.05) is 7.05 Å². The highest BCUT2D eigenvalue weighted by molar-refractivity contribution is 5.20. The molecule has 2 unspecified atom stereocenters. The molecule has 2 atom stereocenters. The van der Waals surface area contributed by atoms with Gasteiger partial charge in [0.15, 0.2) is 0 Å². The van der Waals surface area contributed by atoms with Crippen molar-refractivity contribution in [3.05, 3.63) is 0 Å². The fraction of sp³-hybridized carbons (Fsp3) is 0.900. The smallest absolute Gasteiger partial charge is 0.109 e. The second-order valence-electron chi connectivity index (χ2n) is 4.32. The largest absolute Gasteiger partial charge is 0.391 e. The zero-order valence-corrected chi connectivity index (χ0v) is 8.03. The van der Waals surface area contributed by atoms with Crippen LogP contribution >= 0.6 is 0 Å². The van der Waals surface area contributed by atoms with E-state index in [1.165, 1.54) is 0 Å². The van der Waals surface area contributed by atoms with Gasteiger partial charge in [-0.15, -0.1) is 0 Å². The summed E-state index contributed by atoms with van der Waals surface area (Å²) in [5.41, 5.74) is -0.226. The van der Waals surface area contributed by atoms with Crippen molar-refractivity contribution in [2.45, 2.75) is 49.8 Å². The van der Waals surface area contributed by atoms with Crippen LogP contribution in [0.25, 0.3) is 0 Å². The minimum atomic E-state index is -0.226. The molecule has 0 amide bonds. The van der Waals surface area contributed by atoms with Crippen LogP contribution in [0.5, 0.6) is 0 Å². The van der Waals surface area contributed by atoms with E-state index in [1.54, 1.807) is 0 Å². The maximum Gasteiger partial charge on any atom is 0.109 e. The van der Waals surface area contributed by atoms with Gasteiger partial charge in [0.2, 0.25) is 0 Å². The zero-order chi connectivity index (χ0) is 9.47. The fourth-order valence-corrected chi connectivity index (χ4v) is 2.35. The quantitative estimate of drug-likeness (QED) is 0.686. The molecular weight excluding hydrogens is 164 g/mol. The van der Waals surface area contributed by atoms with Crippen molar-refractivity contribution >= 4 is 0 Å². The van der Waals surface area contributed by atoms with Crippen molar-refractivity contribution in [1.82, 2.24) is 4.90 Å². The van der Waals surface area contributed by atoms with Gasteiger partial charge >= 0.3 is 0 Å². The van der Waals surface area contributed by atoms with Gasteiger partial charge in [-0.2, -0.15) is 5.26 Å². The molecule has 2 rings (SSSR count).